The molecule has 0 spiro atoms. The summed E-state index contributed by atoms with van der Waals surface area (Å²) in [7, 11) is 0. The van der Waals surface area contributed by atoms with E-state index < -0.39 is 24.0 Å². The van der Waals surface area contributed by atoms with Crippen LogP contribution < -0.4 is 15.0 Å². The van der Waals surface area contributed by atoms with Crippen LogP contribution >= 0.6 is 0 Å². The molecule has 7 heteroatoms. The number of hydrogen-bond donors (Lipinski definition) is 2. The van der Waals surface area contributed by atoms with E-state index in [1.54, 1.807) is 31.2 Å². The van der Waals surface area contributed by atoms with Gasteiger partial charge < -0.3 is 15.2 Å². The van der Waals surface area contributed by atoms with Gasteiger partial charge in [-0.1, -0.05) is 26.0 Å². The second-order valence-electron chi connectivity index (χ2n) is 6.24. The van der Waals surface area contributed by atoms with E-state index in [9.17, 15) is 19.5 Å². The molecule has 1 aromatic carbocycles. The molecule has 0 bridgehead atoms. The van der Waals surface area contributed by atoms with E-state index in [0.29, 0.717) is 17.9 Å². The summed E-state index contributed by atoms with van der Waals surface area (Å²) in [5, 5.41) is 11.7. The van der Waals surface area contributed by atoms with Gasteiger partial charge in [0, 0.05) is 0 Å². The van der Waals surface area contributed by atoms with Crippen LogP contribution in [0.1, 0.15) is 27.2 Å². The molecular weight excluding hydrogens is 312 g/mol. The van der Waals surface area contributed by atoms with E-state index in [1.165, 1.54) is 4.90 Å². The van der Waals surface area contributed by atoms with Gasteiger partial charge >= 0.3 is 5.97 Å². The maximum atomic E-state index is 12.3. The van der Waals surface area contributed by atoms with Crippen molar-refractivity contribution in [3.63, 3.8) is 0 Å². The van der Waals surface area contributed by atoms with Crippen molar-refractivity contribution in [3.8, 4) is 5.75 Å². The van der Waals surface area contributed by atoms with Crippen molar-refractivity contribution in [1.29, 1.82) is 0 Å². The molecule has 2 atom stereocenters. The lowest BCUT2D eigenvalue weighted by Crippen LogP contribution is -2.51. The summed E-state index contributed by atoms with van der Waals surface area (Å²) in [4.78, 5) is 37.2. The highest BCUT2D eigenvalue weighted by Crippen LogP contribution is 2.33. The fraction of sp³-hybridized carbons (Fsp3) is 0.471. The number of aliphatic carboxylic acids is 1. The molecule has 2 amide bonds. The Morgan fingerprint density at radius 1 is 1.33 bits per heavy atom. The second-order valence-corrected chi connectivity index (χ2v) is 6.24. The number of anilines is 1. The zero-order valence-electron chi connectivity index (χ0n) is 14.0. The van der Waals surface area contributed by atoms with Crippen LogP contribution in [-0.4, -0.2) is 41.6 Å². The summed E-state index contributed by atoms with van der Waals surface area (Å²) in [6, 6.07) is 5.97. The monoisotopic (exact) mass is 334 g/mol. The number of benzene rings is 1. The van der Waals surface area contributed by atoms with Gasteiger partial charge in [0.25, 0.3) is 5.91 Å². The van der Waals surface area contributed by atoms with Gasteiger partial charge in [0.15, 0.2) is 6.10 Å². The van der Waals surface area contributed by atoms with Crippen molar-refractivity contribution >= 4 is 23.5 Å². The van der Waals surface area contributed by atoms with Crippen molar-refractivity contribution in [2.45, 2.75) is 39.3 Å². The molecule has 1 unspecified atom stereocenters. The van der Waals surface area contributed by atoms with Crippen molar-refractivity contribution in [1.82, 2.24) is 5.32 Å². The first kappa shape index (κ1) is 17.8. The number of para-hydroxylation sites is 2. The Kier molecular flexibility index (Phi) is 5.43. The first-order chi connectivity index (χ1) is 11.3. The zero-order valence-corrected chi connectivity index (χ0v) is 14.0. The topological polar surface area (TPSA) is 95.9 Å². The molecule has 0 saturated heterocycles. The molecular formula is C17H22N2O5. The van der Waals surface area contributed by atoms with Gasteiger partial charge in [0.05, 0.1) is 5.69 Å². The highest BCUT2D eigenvalue weighted by Gasteiger charge is 2.33. The van der Waals surface area contributed by atoms with Gasteiger partial charge in [-0.25, -0.2) is 4.79 Å². The van der Waals surface area contributed by atoms with E-state index in [0.717, 1.165) is 0 Å². The molecule has 2 N–H and O–H groups in total. The van der Waals surface area contributed by atoms with Gasteiger partial charge in [-0.15, -0.1) is 0 Å². The molecule has 0 saturated carbocycles. The average Bonchev–Trinajstić information content (AvgIpc) is 2.50. The summed E-state index contributed by atoms with van der Waals surface area (Å²) in [6.45, 7) is 5.13. The Hall–Kier alpha value is -2.57. The number of nitrogens with zero attached hydrogens (tertiary/aromatic N) is 1. The largest absolute Gasteiger partial charge is 0.480 e. The molecule has 2 rings (SSSR count). The molecule has 0 radical (unpaired) electrons. The number of amides is 2. The minimum Gasteiger partial charge on any atom is -0.480 e. The van der Waals surface area contributed by atoms with E-state index in [-0.39, 0.29) is 18.4 Å². The fourth-order valence-corrected chi connectivity index (χ4v) is 2.60. The van der Waals surface area contributed by atoms with Gasteiger partial charge in [0.2, 0.25) is 5.91 Å². The van der Waals surface area contributed by atoms with Crippen LogP contribution in [-0.2, 0) is 14.4 Å². The number of fused-ring (bicyclic) bond motifs is 1. The van der Waals surface area contributed by atoms with Crippen molar-refractivity contribution in [3.05, 3.63) is 24.3 Å². The predicted molar refractivity (Wildman–Crippen MR) is 87.9 cm³/mol. The lowest BCUT2D eigenvalue weighted by atomic mass is 10.0. The minimum absolute atomic E-state index is 0.122. The number of carboxylic acid groups (broad SMARTS) is 1. The first-order valence-corrected chi connectivity index (χ1v) is 7.88. The predicted octanol–water partition coefficient (Wildman–Crippen LogP) is 1.42. The number of ether oxygens (including phenoxy) is 1. The average molecular weight is 334 g/mol. The quantitative estimate of drug-likeness (QED) is 0.820. The molecule has 130 valence electrons. The second kappa shape index (κ2) is 7.33. The lowest BCUT2D eigenvalue weighted by Gasteiger charge is -2.32. The highest BCUT2D eigenvalue weighted by atomic mass is 16.5. The number of carbonyl (C=O) groups excluding carboxylic acids is 2. The normalized spacial score (nSPS) is 17.9. The van der Waals surface area contributed by atoms with Gasteiger partial charge in [-0.2, -0.15) is 0 Å². The van der Waals surface area contributed by atoms with Crippen molar-refractivity contribution in [2.24, 2.45) is 5.92 Å². The van der Waals surface area contributed by atoms with Crippen LogP contribution in [0.3, 0.4) is 0 Å². The van der Waals surface area contributed by atoms with E-state index in [1.807, 2.05) is 13.8 Å². The molecule has 1 aromatic rings. The minimum atomic E-state index is -1.08. The van der Waals surface area contributed by atoms with Crippen LogP contribution in [0.25, 0.3) is 0 Å². The Morgan fingerprint density at radius 3 is 2.62 bits per heavy atom. The van der Waals surface area contributed by atoms with Crippen LogP contribution in [0.4, 0.5) is 5.69 Å². The van der Waals surface area contributed by atoms with E-state index in [4.69, 9.17) is 4.74 Å². The summed E-state index contributed by atoms with van der Waals surface area (Å²) in [5.41, 5.74) is 0.506. The van der Waals surface area contributed by atoms with E-state index >= 15 is 0 Å². The Bertz CT molecular complexity index is 644. The smallest absolute Gasteiger partial charge is 0.326 e. The number of carbonyl (C=O) groups is 3. The number of carboxylic acids is 1. The van der Waals surface area contributed by atoms with Gasteiger partial charge in [-0.05, 0) is 31.4 Å². The molecule has 0 fully saturated rings. The summed E-state index contributed by atoms with van der Waals surface area (Å²) < 4.78 is 5.51. The number of rotatable bonds is 6. The Morgan fingerprint density at radius 2 is 2.00 bits per heavy atom. The van der Waals surface area contributed by atoms with Gasteiger partial charge in [-0.3, -0.25) is 14.5 Å². The Balaban J connectivity index is 2.13. The summed E-state index contributed by atoms with van der Waals surface area (Å²) in [5.74, 6) is -1.29. The maximum Gasteiger partial charge on any atom is 0.326 e. The van der Waals surface area contributed by atoms with Crippen LogP contribution in [0.2, 0.25) is 0 Å². The van der Waals surface area contributed by atoms with Crippen molar-refractivity contribution in [2.75, 3.05) is 11.4 Å². The molecule has 1 aliphatic heterocycles. The van der Waals surface area contributed by atoms with Crippen LogP contribution in [0.15, 0.2) is 24.3 Å². The molecule has 1 aliphatic rings. The standard InChI is InChI=1S/C17H22N2O5/c1-10(2)8-12(17(22)23)18-15(20)9-19-13-6-4-5-7-14(13)24-11(3)16(19)21/h4-7,10-12H,8-9H2,1-3H3,(H,18,20)(H,22,23)/t11?,12-/m1/s1. The molecule has 0 aliphatic carbocycles. The lowest BCUT2D eigenvalue weighted by molar-refractivity contribution is -0.142. The maximum absolute atomic E-state index is 12.3. The number of nitrogens with one attached hydrogen (secondary N) is 1. The van der Waals surface area contributed by atoms with Crippen LogP contribution in [0.5, 0.6) is 5.75 Å². The molecule has 1 heterocycles. The third kappa shape index (κ3) is 4.04. The van der Waals surface area contributed by atoms with Crippen LogP contribution in [0, 0.1) is 5.92 Å². The summed E-state index contributed by atoms with van der Waals surface area (Å²) in [6.07, 6.45) is -0.371. The third-order valence-electron chi connectivity index (χ3n) is 3.72. The molecule has 7 nitrogen and oxygen atoms in total. The Labute approximate surface area is 140 Å². The SMILES string of the molecule is CC(C)C[C@@H](NC(=O)CN1C(=O)C(C)Oc2ccccc21)C(=O)O. The van der Waals surface area contributed by atoms with Crippen molar-refractivity contribution < 1.29 is 24.2 Å². The highest BCUT2D eigenvalue weighted by molar-refractivity contribution is 6.04. The summed E-state index contributed by atoms with van der Waals surface area (Å²) >= 11 is 0. The molecule has 0 aromatic heterocycles. The first-order valence-electron chi connectivity index (χ1n) is 7.88. The zero-order chi connectivity index (χ0) is 17.9. The number of hydrogen-bond acceptors (Lipinski definition) is 4. The fourth-order valence-electron chi connectivity index (χ4n) is 2.60. The van der Waals surface area contributed by atoms with Gasteiger partial charge in [0.1, 0.15) is 18.3 Å². The molecule has 24 heavy (non-hydrogen) atoms. The van der Waals surface area contributed by atoms with E-state index in [2.05, 4.69) is 5.32 Å². The third-order valence-corrected chi connectivity index (χ3v) is 3.72.